The summed E-state index contributed by atoms with van der Waals surface area (Å²) in [4.78, 5) is 13.4. The first-order valence-electron chi connectivity index (χ1n) is 10.7. The summed E-state index contributed by atoms with van der Waals surface area (Å²) >= 11 is 0. The largest absolute Gasteiger partial charge is 0.493 e. The van der Waals surface area contributed by atoms with Crippen LogP contribution in [-0.4, -0.2) is 29.9 Å². The molecule has 0 bridgehead atoms. The number of carbonyl (C=O) groups is 1. The topological polar surface area (TPSA) is 41.6 Å². The fraction of sp³-hybridized carbons (Fsp3) is 0.458. The molecule has 7 heteroatoms. The van der Waals surface area contributed by atoms with Gasteiger partial charge in [0.05, 0.1) is 12.5 Å². The zero-order valence-electron chi connectivity index (χ0n) is 17.5. The lowest BCUT2D eigenvalue weighted by molar-refractivity contribution is -0.120. The highest BCUT2D eigenvalue weighted by Gasteiger charge is 2.57. The smallest absolute Gasteiger partial charge is 0.255 e. The molecule has 0 radical (unpaired) electrons. The van der Waals surface area contributed by atoms with E-state index in [-0.39, 0.29) is 25.5 Å². The average Bonchev–Trinajstić information content (AvgIpc) is 3.38. The highest BCUT2D eigenvalue weighted by Crippen LogP contribution is 2.48. The van der Waals surface area contributed by atoms with Gasteiger partial charge in [-0.2, -0.15) is 0 Å². The van der Waals surface area contributed by atoms with Crippen molar-refractivity contribution in [3.8, 4) is 5.75 Å². The van der Waals surface area contributed by atoms with Crippen LogP contribution in [0.3, 0.4) is 0 Å². The summed E-state index contributed by atoms with van der Waals surface area (Å²) in [6.07, 6.45) is -0.825. The van der Waals surface area contributed by atoms with Crippen molar-refractivity contribution in [2.45, 2.75) is 51.5 Å². The molecule has 166 valence electrons. The first-order chi connectivity index (χ1) is 14.8. The van der Waals surface area contributed by atoms with E-state index in [9.17, 15) is 18.0 Å². The highest BCUT2D eigenvalue weighted by atomic mass is 19.3. The number of benzene rings is 2. The van der Waals surface area contributed by atoms with Gasteiger partial charge in [-0.05, 0) is 34.4 Å². The van der Waals surface area contributed by atoms with Crippen molar-refractivity contribution in [2.24, 2.45) is 5.92 Å². The summed E-state index contributed by atoms with van der Waals surface area (Å²) in [6.45, 7) is 3.79. The Balaban J connectivity index is 1.33. The van der Waals surface area contributed by atoms with Gasteiger partial charge in [-0.15, -0.1) is 0 Å². The van der Waals surface area contributed by atoms with Gasteiger partial charge in [-0.1, -0.05) is 37.3 Å². The maximum atomic E-state index is 14.9. The second kappa shape index (κ2) is 8.91. The Morgan fingerprint density at radius 3 is 2.58 bits per heavy atom. The second-order valence-electron chi connectivity index (χ2n) is 8.42. The highest BCUT2D eigenvalue weighted by molar-refractivity contribution is 5.75. The standard InChI is InChI=1S/C24H27F3N2O2/c1-2-23(30)28-11-16-3-5-17(6-4-16)12-29-13-18-7-8-20(9-21(18)22(25)14-29)31-15-19-10-24(19,26)27/h3-9,19,22H,2,10-15H2,1H3,(H,28,30). The minimum absolute atomic E-state index is 0.0177. The quantitative estimate of drug-likeness (QED) is 0.653. The fourth-order valence-corrected chi connectivity index (χ4v) is 3.84. The number of carbonyl (C=O) groups excluding carboxylic acids is 1. The monoisotopic (exact) mass is 432 g/mol. The number of nitrogens with one attached hydrogen (secondary N) is 1. The molecular weight excluding hydrogens is 405 g/mol. The van der Waals surface area contributed by atoms with Gasteiger partial charge in [0, 0.05) is 39.0 Å². The van der Waals surface area contributed by atoms with E-state index in [4.69, 9.17) is 4.74 Å². The van der Waals surface area contributed by atoms with Gasteiger partial charge < -0.3 is 10.1 Å². The number of fused-ring (bicyclic) bond motifs is 1. The molecule has 2 unspecified atom stereocenters. The minimum Gasteiger partial charge on any atom is -0.493 e. The molecule has 1 amide bonds. The number of nitrogens with zero attached hydrogens (tertiary/aromatic N) is 1. The molecule has 1 heterocycles. The third kappa shape index (κ3) is 5.39. The van der Waals surface area contributed by atoms with Crippen molar-refractivity contribution in [2.75, 3.05) is 13.2 Å². The van der Waals surface area contributed by atoms with Crippen LogP contribution in [0, 0.1) is 5.92 Å². The van der Waals surface area contributed by atoms with E-state index in [0.717, 1.165) is 16.7 Å². The van der Waals surface area contributed by atoms with Crippen LogP contribution in [0.1, 0.15) is 48.2 Å². The van der Waals surface area contributed by atoms with Crippen molar-refractivity contribution in [1.29, 1.82) is 0 Å². The third-order valence-corrected chi connectivity index (χ3v) is 5.91. The Bertz CT molecular complexity index is 933. The molecule has 1 N–H and O–H groups in total. The van der Waals surface area contributed by atoms with E-state index in [0.29, 0.717) is 37.4 Å². The maximum absolute atomic E-state index is 14.9. The molecule has 0 aromatic heterocycles. The Kier molecular flexibility index (Phi) is 6.23. The molecule has 1 aliphatic carbocycles. The van der Waals surface area contributed by atoms with E-state index in [1.165, 1.54) is 0 Å². The third-order valence-electron chi connectivity index (χ3n) is 5.91. The van der Waals surface area contributed by atoms with Gasteiger partial charge in [-0.3, -0.25) is 9.69 Å². The fourth-order valence-electron chi connectivity index (χ4n) is 3.84. The zero-order valence-corrected chi connectivity index (χ0v) is 17.5. The Morgan fingerprint density at radius 1 is 1.19 bits per heavy atom. The number of amides is 1. The summed E-state index contributed by atoms with van der Waals surface area (Å²) in [5.74, 6) is -2.87. The van der Waals surface area contributed by atoms with Gasteiger partial charge in [0.15, 0.2) is 0 Å². The van der Waals surface area contributed by atoms with Crippen molar-refractivity contribution >= 4 is 5.91 Å². The average molecular weight is 432 g/mol. The molecule has 4 rings (SSSR count). The summed E-state index contributed by atoms with van der Waals surface area (Å²) < 4.78 is 46.3. The SMILES string of the molecule is CCC(=O)NCc1ccc(CN2Cc3ccc(OCC4CC4(F)F)cc3C(F)C2)cc1. The number of hydrogen-bond donors (Lipinski definition) is 1. The predicted molar refractivity (Wildman–Crippen MR) is 112 cm³/mol. The zero-order chi connectivity index (χ0) is 22.0. The first-order valence-corrected chi connectivity index (χ1v) is 10.7. The number of ether oxygens (including phenoxy) is 1. The van der Waals surface area contributed by atoms with E-state index in [2.05, 4.69) is 5.32 Å². The molecular formula is C24H27F3N2O2. The predicted octanol–water partition coefficient (Wildman–Crippen LogP) is 4.77. The van der Waals surface area contributed by atoms with Crippen molar-refractivity contribution in [3.05, 3.63) is 64.7 Å². The first kappa shape index (κ1) is 21.7. The van der Waals surface area contributed by atoms with Gasteiger partial charge in [-0.25, -0.2) is 13.2 Å². The summed E-state index contributed by atoms with van der Waals surface area (Å²) in [5.41, 5.74) is 3.57. The van der Waals surface area contributed by atoms with Crippen LogP contribution in [0.25, 0.3) is 0 Å². The molecule has 4 nitrogen and oxygen atoms in total. The second-order valence-corrected chi connectivity index (χ2v) is 8.42. The van der Waals surface area contributed by atoms with Crippen molar-refractivity contribution < 1.29 is 22.7 Å². The summed E-state index contributed by atoms with van der Waals surface area (Å²) in [7, 11) is 0. The molecule has 2 aliphatic rings. The van der Waals surface area contributed by atoms with E-state index in [1.54, 1.807) is 12.1 Å². The lowest BCUT2D eigenvalue weighted by atomic mass is 9.97. The van der Waals surface area contributed by atoms with E-state index >= 15 is 0 Å². The maximum Gasteiger partial charge on any atom is 0.255 e. The molecule has 0 saturated heterocycles. The molecule has 31 heavy (non-hydrogen) atoms. The number of hydrogen-bond acceptors (Lipinski definition) is 3. The van der Waals surface area contributed by atoms with Gasteiger partial charge in [0.25, 0.3) is 5.92 Å². The van der Waals surface area contributed by atoms with Gasteiger partial charge in [0.2, 0.25) is 5.91 Å². The number of halogens is 3. The van der Waals surface area contributed by atoms with Crippen LogP contribution in [0.2, 0.25) is 0 Å². The minimum atomic E-state index is -2.61. The van der Waals surface area contributed by atoms with E-state index in [1.807, 2.05) is 42.2 Å². The summed E-state index contributed by atoms with van der Waals surface area (Å²) in [6, 6.07) is 13.2. The lowest BCUT2D eigenvalue weighted by Gasteiger charge is -2.31. The van der Waals surface area contributed by atoms with Crippen LogP contribution in [0.15, 0.2) is 42.5 Å². The number of rotatable bonds is 8. The number of alkyl halides is 3. The van der Waals surface area contributed by atoms with Gasteiger partial charge >= 0.3 is 0 Å². The Morgan fingerprint density at radius 2 is 1.90 bits per heavy atom. The van der Waals surface area contributed by atoms with Crippen LogP contribution in [0.4, 0.5) is 13.2 Å². The van der Waals surface area contributed by atoms with E-state index < -0.39 is 18.0 Å². The Labute approximate surface area is 180 Å². The van der Waals surface area contributed by atoms with Crippen LogP contribution < -0.4 is 10.1 Å². The van der Waals surface area contributed by atoms with Crippen molar-refractivity contribution in [1.82, 2.24) is 10.2 Å². The molecule has 1 saturated carbocycles. The molecule has 2 aromatic rings. The molecule has 1 fully saturated rings. The van der Waals surface area contributed by atoms with Crippen LogP contribution >= 0.6 is 0 Å². The van der Waals surface area contributed by atoms with Crippen LogP contribution in [0.5, 0.6) is 5.75 Å². The molecule has 2 aromatic carbocycles. The lowest BCUT2D eigenvalue weighted by Crippen LogP contribution is -2.31. The molecule has 1 aliphatic heterocycles. The normalized spacial score (nSPS) is 21.9. The summed E-state index contributed by atoms with van der Waals surface area (Å²) in [5, 5.41) is 2.85. The molecule has 2 atom stereocenters. The van der Waals surface area contributed by atoms with Crippen molar-refractivity contribution in [3.63, 3.8) is 0 Å². The Hall–Kier alpha value is -2.54. The molecule has 0 spiro atoms. The van der Waals surface area contributed by atoms with Crippen LogP contribution in [-0.2, 0) is 24.4 Å². The van der Waals surface area contributed by atoms with Gasteiger partial charge in [0.1, 0.15) is 11.9 Å².